The molecule has 0 heterocycles. The standard InChI is InChI=1S/2C8H16O2.2Na.2H/c2*1-3-5-7(6-4-2)8(9)10;;;;/h2*7H,3-6H2,1-2H3,(H,9,10);;;;/q;;2*+1;2*-1. The molecule has 0 aromatic heterocycles. The molecule has 0 radical (unpaired) electrons. The maximum Gasteiger partial charge on any atom is 1.00 e. The zero-order valence-electron chi connectivity index (χ0n) is 17.5. The third kappa shape index (κ3) is 19.0. The number of carbonyl (C=O) groups is 2. The smallest absolute Gasteiger partial charge is 1.00 e. The molecule has 0 amide bonds. The number of rotatable bonds is 10. The van der Waals surface area contributed by atoms with Crippen LogP contribution >= 0.6 is 0 Å². The molecule has 124 valence electrons. The maximum absolute atomic E-state index is 10.5. The fourth-order valence-electron chi connectivity index (χ4n) is 2.18. The summed E-state index contributed by atoms with van der Waals surface area (Å²) in [6.45, 7) is 8.08. The van der Waals surface area contributed by atoms with E-state index in [2.05, 4.69) is 0 Å². The molecule has 0 saturated carbocycles. The first-order valence-electron chi connectivity index (χ1n) is 7.89. The Labute approximate surface area is 183 Å². The molecule has 0 aliphatic rings. The van der Waals surface area contributed by atoms with Crippen LogP contribution < -0.4 is 59.1 Å². The number of carboxylic acid groups (broad SMARTS) is 2. The quantitative estimate of drug-likeness (QED) is 0.492. The SMILES string of the molecule is CCCC(CCC)C(=O)O.CCCC(CCC)C(=O)O.[H-].[H-].[Na+].[Na+]. The Morgan fingerprint density at radius 1 is 0.682 bits per heavy atom. The van der Waals surface area contributed by atoms with E-state index in [9.17, 15) is 9.59 Å². The van der Waals surface area contributed by atoms with Gasteiger partial charge in [-0.3, -0.25) is 9.59 Å². The molecule has 0 spiro atoms. The zero-order valence-corrected chi connectivity index (χ0v) is 19.5. The molecule has 0 fully saturated rings. The largest absolute Gasteiger partial charge is 1.00 e. The van der Waals surface area contributed by atoms with E-state index in [0.717, 1.165) is 51.4 Å². The third-order valence-electron chi connectivity index (χ3n) is 3.25. The summed E-state index contributed by atoms with van der Waals surface area (Å²) in [5, 5.41) is 17.3. The first kappa shape index (κ1) is 30.8. The maximum atomic E-state index is 10.5. The van der Waals surface area contributed by atoms with Gasteiger partial charge in [-0.25, -0.2) is 0 Å². The molecule has 6 heteroatoms. The van der Waals surface area contributed by atoms with E-state index in [1.54, 1.807) is 0 Å². The van der Waals surface area contributed by atoms with Crippen LogP contribution in [0.4, 0.5) is 0 Å². The van der Waals surface area contributed by atoms with Crippen molar-refractivity contribution in [3.05, 3.63) is 0 Å². The molecule has 0 unspecified atom stereocenters. The number of hydrogen-bond donors (Lipinski definition) is 2. The van der Waals surface area contributed by atoms with E-state index in [-0.39, 0.29) is 73.8 Å². The van der Waals surface area contributed by atoms with Crippen LogP contribution in [0, 0.1) is 11.8 Å². The zero-order chi connectivity index (χ0) is 16.0. The minimum absolute atomic E-state index is 0. The van der Waals surface area contributed by atoms with Crippen LogP contribution in [0.5, 0.6) is 0 Å². The molecule has 0 bridgehead atoms. The average molecular weight is 336 g/mol. The Kier molecular flexibility index (Phi) is 30.7. The van der Waals surface area contributed by atoms with Crippen molar-refractivity contribution in [3.8, 4) is 0 Å². The van der Waals surface area contributed by atoms with Gasteiger partial charge in [-0.1, -0.05) is 53.4 Å². The molecule has 0 aromatic carbocycles. The van der Waals surface area contributed by atoms with E-state index in [4.69, 9.17) is 10.2 Å². The Hall–Kier alpha value is 0.940. The average Bonchev–Trinajstić information content (AvgIpc) is 2.38. The van der Waals surface area contributed by atoms with Crippen molar-refractivity contribution in [1.29, 1.82) is 0 Å². The first-order chi connectivity index (χ1) is 9.44. The Bertz CT molecular complexity index is 232. The van der Waals surface area contributed by atoms with Crippen molar-refractivity contribution in [2.75, 3.05) is 0 Å². The van der Waals surface area contributed by atoms with Crippen molar-refractivity contribution in [1.82, 2.24) is 0 Å². The van der Waals surface area contributed by atoms with Crippen LogP contribution in [0.25, 0.3) is 0 Å². The third-order valence-corrected chi connectivity index (χ3v) is 3.25. The number of carboxylic acids is 2. The van der Waals surface area contributed by atoms with Crippen LogP contribution in [0.2, 0.25) is 0 Å². The minimum Gasteiger partial charge on any atom is -1.00 e. The van der Waals surface area contributed by atoms with Crippen LogP contribution in [-0.2, 0) is 9.59 Å². The molecular formula is C16H34Na2O4. The second-order valence-electron chi connectivity index (χ2n) is 5.23. The monoisotopic (exact) mass is 336 g/mol. The van der Waals surface area contributed by atoms with Crippen LogP contribution in [-0.4, -0.2) is 22.2 Å². The van der Waals surface area contributed by atoms with Crippen molar-refractivity contribution in [2.24, 2.45) is 11.8 Å². The van der Waals surface area contributed by atoms with Gasteiger partial charge in [-0.15, -0.1) is 0 Å². The molecule has 22 heavy (non-hydrogen) atoms. The molecule has 0 aliphatic heterocycles. The predicted octanol–water partition coefficient (Wildman–Crippen LogP) is -1.19. The van der Waals surface area contributed by atoms with Crippen molar-refractivity contribution in [2.45, 2.75) is 79.1 Å². The summed E-state index contributed by atoms with van der Waals surface area (Å²) in [5.74, 6) is -1.47. The van der Waals surface area contributed by atoms with E-state index >= 15 is 0 Å². The van der Waals surface area contributed by atoms with E-state index in [0.29, 0.717) is 0 Å². The molecule has 0 rings (SSSR count). The van der Waals surface area contributed by atoms with Gasteiger partial charge in [0.15, 0.2) is 0 Å². The van der Waals surface area contributed by atoms with Gasteiger partial charge in [0.25, 0.3) is 0 Å². The van der Waals surface area contributed by atoms with E-state index < -0.39 is 11.9 Å². The second kappa shape index (κ2) is 21.9. The number of hydrogen-bond acceptors (Lipinski definition) is 2. The molecule has 0 aromatic rings. The minimum atomic E-state index is -0.635. The summed E-state index contributed by atoms with van der Waals surface area (Å²) in [7, 11) is 0. The fourth-order valence-corrected chi connectivity index (χ4v) is 2.18. The first-order valence-corrected chi connectivity index (χ1v) is 7.89. The molecule has 2 N–H and O–H groups in total. The van der Waals surface area contributed by atoms with Crippen LogP contribution in [0.1, 0.15) is 81.9 Å². The van der Waals surface area contributed by atoms with Crippen molar-refractivity contribution in [3.63, 3.8) is 0 Å². The molecule has 0 aliphatic carbocycles. The normalized spacial score (nSPS) is 9.36. The summed E-state index contributed by atoms with van der Waals surface area (Å²) < 4.78 is 0. The van der Waals surface area contributed by atoms with Crippen LogP contribution in [0.3, 0.4) is 0 Å². The fraction of sp³-hybridized carbons (Fsp3) is 0.875. The van der Waals surface area contributed by atoms with Gasteiger partial charge in [-0.2, -0.15) is 0 Å². The van der Waals surface area contributed by atoms with Gasteiger partial charge in [0.2, 0.25) is 0 Å². The topological polar surface area (TPSA) is 74.6 Å². The van der Waals surface area contributed by atoms with Gasteiger partial charge < -0.3 is 13.1 Å². The van der Waals surface area contributed by atoms with E-state index in [1.165, 1.54) is 0 Å². The van der Waals surface area contributed by atoms with Crippen molar-refractivity contribution < 1.29 is 81.8 Å². The van der Waals surface area contributed by atoms with Gasteiger partial charge in [0.1, 0.15) is 0 Å². The number of aliphatic carboxylic acids is 2. The summed E-state index contributed by atoms with van der Waals surface area (Å²) >= 11 is 0. The summed E-state index contributed by atoms with van der Waals surface area (Å²) in [5.41, 5.74) is 0. The van der Waals surface area contributed by atoms with E-state index in [1.807, 2.05) is 27.7 Å². The second-order valence-corrected chi connectivity index (χ2v) is 5.23. The Morgan fingerprint density at radius 2 is 0.864 bits per heavy atom. The molecule has 0 saturated heterocycles. The Morgan fingerprint density at radius 3 is 0.955 bits per heavy atom. The molecule has 0 atom stereocenters. The van der Waals surface area contributed by atoms with Gasteiger partial charge in [-0.05, 0) is 25.7 Å². The van der Waals surface area contributed by atoms with Gasteiger partial charge in [0, 0.05) is 0 Å². The summed E-state index contributed by atoms with van der Waals surface area (Å²) in [4.78, 5) is 21.0. The predicted molar refractivity (Wildman–Crippen MR) is 84.1 cm³/mol. The van der Waals surface area contributed by atoms with Gasteiger partial charge >= 0.3 is 71.1 Å². The van der Waals surface area contributed by atoms with Crippen LogP contribution in [0.15, 0.2) is 0 Å². The Balaban J connectivity index is -0.0000000579. The van der Waals surface area contributed by atoms with Crippen molar-refractivity contribution >= 4 is 11.9 Å². The molecule has 4 nitrogen and oxygen atoms in total. The summed E-state index contributed by atoms with van der Waals surface area (Å²) in [6, 6.07) is 0. The van der Waals surface area contributed by atoms with Gasteiger partial charge in [0.05, 0.1) is 11.8 Å². The summed E-state index contributed by atoms with van der Waals surface area (Å²) in [6.07, 6.45) is 7.17. The molecular weight excluding hydrogens is 302 g/mol.